The van der Waals surface area contributed by atoms with Crippen molar-refractivity contribution in [3.8, 4) is 0 Å². The van der Waals surface area contributed by atoms with E-state index in [9.17, 15) is 19.2 Å². The highest BCUT2D eigenvalue weighted by Crippen LogP contribution is 2.26. The molecule has 0 aliphatic heterocycles. The summed E-state index contributed by atoms with van der Waals surface area (Å²) in [5.41, 5.74) is 5.68. The zero-order chi connectivity index (χ0) is 52.8. The Hall–Kier alpha value is 0.520. The molecule has 0 spiro atoms. The third-order valence-electron chi connectivity index (χ3n) is 9.50. The highest BCUT2D eigenvalue weighted by atomic mass is 32.1. The topological polar surface area (TPSA) is 105 Å². The van der Waals surface area contributed by atoms with Gasteiger partial charge in [0.2, 0.25) is 0 Å². The second-order valence-electron chi connectivity index (χ2n) is 15.0. The van der Waals surface area contributed by atoms with E-state index in [-0.39, 0.29) is 65.0 Å². The molecule has 2 aromatic rings. The molecule has 0 aliphatic carbocycles. The number of hydrogen-bond acceptors (Lipinski definition) is 20. The maximum Gasteiger partial charge on any atom is 0.306 e. The molecule has 0 radical (unpaired) electrons. The minimum atomic E-state index is -1.23. The Bertz CT molecular complexity index is 1340. The summed E-state index contributed by atoms with van der Waals surface area (Å²) in [5, 5.41) is 0.494. The lowest BCUT2D eigenvalue weighted by molar-refractivity contribution is -0.170. The zero-order valence-electron chi connectivity index (χ0n) is 41.0. The van der Waals surface area contributed by atoms with Crippen LogP contribution in [0, 0.1) is 10.8 Å². The van der Waals surface area contributed by atoms with Crippen LogP contribution in [0.15, 0.2) is 42.5 Å². The second kappa shape index (κ2) is 53.3. The number of thiol groups is 12. The van der Waals surface area contributed by atoms with E-state index >= 15 is 0 Å². The fourth-order valence-electron chi connectivity index (χ4n) is 4.67. The summed E-state index contributed by atoms with van der Waals surface area (Å²) < 4.78 is 21.0. The lowest BCUT2D eigenvalue weighted by Crippen LogP contribution is -2.44. The molecule has 1 atom stereocenters. The Balaban J connectivity index is -0.000000279. The van der Waals surface area contributed by atoms with Gasteiger partial charge in [0.05, 0.1) is 19.3 Å². The first-order valence-electron chi connectivity index (χ1n) is 22.6. The molecule has 0 N–H and O–H groups in total. The molecular weight excluding hydrogens is 1100 g/mol. The van der Waals surface area contributed by atoms with Crippen LogP contribution in [0.25, 0.3) is 0 Å². The van der Waals surface area contributed by atoms with E-state index < -0.39 is 29.3 Å². The summed E-state index contributed by atoms with van der Waals surface area (Å²) in [5.74, 6) is 4.88. The van der Waals surface area contributed by atoms with Crippen LogP contribution in [0.4, 0.5) is 0 Å². The van der Waals surface area contributed by atoms with E-state index in [1.165, 1.54) is 27.8 Å². The number of benzene rings is 2. The van der Waals surface area contributed by atoms with Crippen LogP contribution in [-0.4, -0.2) is 102 Å². The molecule has 2 aromatic carbocycles. The third kappa shape index (κ3) is 42.4. The molecule has 0 saturated heterocycles. The van der Waals surface area contributed by atoms with Gasteiger partial charge in [0.15, 0.2) is 0 Å². The van der Waals surface area contributed by atoms with E-state index in [2.05, 4.69) is 222 Å². The van der Waals surface area contributed by atoms with E-state index in [0.717, 1.165) is 66.0 Å². The Labute approximate surface area is 485 Å². The van der Waals surface area contributed by atoms with Gasteiger partial charge in [-0.1, -0.05) is 84.5 Å². The van der Waals surface area contributed by atoms with Crippen LogP contribution in [0.1, 0.15) is 115 Å². The maximum absolute atomic E-state index is 11.8. The summed E-state index contributed by atoms with van der Waals surface area (Å²) in [6.07, 6.45) is 7.16. The van der Waals surface area contributed by atoms with Gasteiger partial charge in [-0.15, -0.1) is 0 Å². The summed E-state index contributed by atoms with van der Waals surface area (Å²) in [6, 6.07) is 15.2. The van der Waals surface area contributed by atoms with Gasteiger partial charge in [0.1, 0.15) is 31.8 Å². The normalized spacial score (nSPS) is 10.7. The van der Waals surface area contributed by atoms with Crippen LogP contribution in [0.2, 0.25) is 0 Å². The van der Waals surface area contributed by atoms with Crippen LogP contribution in [0.5, 0.6) is 0 Å². The Morgan fingerprint density at radius 3 is 1.01 bits per heavy atom. The number of aryl methyl sites for hydroxylation is 2. The summed E-state index contributed by atoms with van der Waals surface area (Å²) >= 11 is 49.0. The van der Waals surface area contributed by atoms with Crippen molar-refractivity contribution in [3.63, 3.8) is 0 Å². The number of carbonyl (C=O) groups is 4. The van der Waals surface area contributed by atoms with Crippen molar-refractivity contribution >= 4 is 175 Å². The lowest BCUT2D eigenvalue weighted by Gasteiger charge is -2.31. The number of rotatable bonds is 27. The molecule has 0 aliphatic rings. The molecule has 0 fully saturated rings. The van der Waals surface area contributed by atoms with Gasteiger partial charge in [-0.3, -0.25) is 19.2 Å². The fourth-order valence-corrected chi connectivity index (χ4v) is 7.92. The first kappa shape index (κ1) is 78.4. The van der Waals surface area contributed by atoms with E-state index in [0.29, 0.717) is 28.9 Å². The number of hydrogen-bond donors (Lipinski definition) is 12. The minimum Gasteiger partial charge on any atom is -0.465 e. The SMILES string of the molecule is C.CCC(CS)(CS)CS.CCC(S)CS.CCCC(=O)OCC(COC(=O)CCS)(COC(=O)CCS)COC(=O)CCS.CCc1cc(CS)cc(CS)c1.CCc1ccc(CS)cc1.CS. The minimum absolute atomic E-state index is 0. The smallest absolute Gasteiger partial charge is 0.306 e. The van der Waals surface area contributed by atoms with Gasteiger partial charge in [0, 0.05) is 51.9 Å². The third-order valence-corrected chi connectivity index (χ3v) is 14.6. The van der Waals surface area contributed by atoms with Gasteiger partial charge in [-0.2, -0.15) is 152 Å². The summed E-state index contributed by atoms with van der Waals surface area (Å²) in [6.45, 7) is 9.38. The Morgan fingerprint density at radius 2 is 0.797 bits per heavy atom. The molecule has 8 nitrogen and oxygen atoms in total. The van der Waals surface area contributed by atoms with Crippen molar-refractivity contribution < 1.29 is 38.1 Å². The fraction of sp³-hybridized carbons (Fsp3) is 0.673. The number of carbonyl (C=O) groups excluding carboxylic acids is 4. The Kier molecular flexibility index (Phi) is 60.6. The van der Waals surface area contributed by atoms with Crippen molar-refractivity contribution in [2.45, 2.75) is 122 Å². The molecule has 2 rings (SSSR count). The van der Waals surface area contributed by atoms with Gasteiger partial charge in [-0.25, -0.2) is 0 Å². The van der Waals surface area contributed by atoms with Gasteiger partial charge < -0.3 is 18.9 Å². The van der Waals surface area contributed by atoms with Crippen molar-refractivity contribution in [1.82, 2.24) is 0 Å². The maximum atomic E-state index is 11.8. The highest BCUT2D eigenvalue weighted by molar-refractivity contribution is 7.84. The molecule has 404 valence electrons. The number of esters is 4. The van der Waals surface area contributed by atoms with E-state index in [1.54, 1.807) is 6.26 Å². The van der Waals surface area contributed by atoms with Crippen LogP contribution in [0.3, 0.4) is 0 Å². The molecular formula is C49H88O8S12. The molecule has 1 unspecified atom stereocenters. The van der Waals surface area contributed by atoms with Crippen LogP contribution in [-0.2, 0) is 68.2 Å². The van der Waals surface area contributed by atoms with Crippen LogP contribution < -0.4 is 0 Å². The molecule has 0 heterocycles. The highest BCUT2D eigenvalue weighted by Gasteiger charge is 2.38. The molecule has 0 bridgehead atoms. The van der Waals surface area contributed by atoms with E-state index in [1.807, 2.05) is 6.92 Å². The first-order valence-corrected chi connectivity index (χ1v) is 30.3. The number of ether oxygens (including phenoxy) is 4. The average Bonchev–Trinajstić information content (AvgIpc) is 3.38. The predicted molar refractivity (Wildman–Crippen MR) is 339 cm³/mol. The monoisotopic (exact) mass is 1190 g/mol. The van der Waals surface area contributed by atoms with Crippen molar-refractivity contribution in [2.24, 2.45) is 10.8 Å². The van der Waals surface area contributed by atoms with Gasteiger partial charge in [-0.05, 0) is 88.9 Å². The zero-order valence-corrected chi connectivity index (χ0v) is 51.7. The van der Waals surface area contributed by atoms with Crippen molar-refractivity contribution in [2.75, 3.05) is 73.0 Å². The quantitative estimate of drug-likeness (QED) is 0.0244. The van der Waals surface area contributed by atoms with Crippen molar-refractivity contribution in [3.05, 3.63) is 70.3 Å². The standard InChI is InChI=1S/C18H30O8S3.C10H14S2.C9H12S.C6H14S3.C4H10S2.CH4S.CH4/c1-2-3-14(19)23-10-18(11-24-15(20)4-7-27,12-25-16(21)5-8-28)13-26-17(22)6-9-29;1-2-8-3-9(6-11)5-10(4-8)7-12;1-2-8-3-5-9(7-10)6-4-8;1-2-6(3-7,4-8)5-9;1-2-4(6)3-5;1-2;/h27-29H,2-13H2,1H3;3-5,11-12H,2,6-7H2,1H3;3-6,10H,2,7H2,1H3;7-9H,2-5H2,1H3;4-6H,2-3H2,1H3;2H,1H3;1H4. The first-order chi connectivity index (χ1) is 32.5. The molecule has 0 amide bonds. The molecule has 0 saturated carbocycles. The molecule has 20 heteroatoms. The second-order valence-corrected chi connectivity index (χ2v) is 19.4. The lowest BCUT2D eigenvalue weighted by atomic mass is 9.92. The predicted octanol–water partition coefficient (Wildman–Crippen LogP) is 12.7. The van der Waals surface area contributed by atoms with E-state index in [4.69, 9.17) is 18.9 Å². The molecule has 69 heavy (non-hydrogen) atoms. The van der Waals surface area contributed by atoms with Gasteiger partial charge >= 0.3 is 23.9 Å². The van der Waals surface area contributed by atoms with Crippen LogP contribution >= 0.6 is 152 Å². The molecule has 0 aromatic heterocycles. The summed E-state index contributed by atoms with van der Waals surface area (Å²) in [7, 11) is 0. The average molecular weight is 1190 g/mol. The van der Waals surface area contributed by atoms with Gasteiger partial charge in [0.25, 0.3) is 0 Å². The summed E-state index contributed by atoms with van der Waals surface area (Å²) in [4.78, 5) is 47.2. The Morgan fingerprint density at radius 1 is 0.478 bits per heavy atom. The largest absolute Gasteiger partial charge is 0.465 e. The van der Waals surface area contributed by atoms with Crippen molar-refractivity contribution in [1.29, 1.82) is 0 Å².